The molecule has 0 heterocycles. The Morgan fingerprint density at radius 1 is 0.967 bits per heavy atom. The normalized spacial score (nSPS) is 12.6. The summed E-state index contributed by atoms with van der Waals surface area (Å²) in [6.07, 6.45) is 2.94. The van der Waals surface area contributed by atoms with Crippen molar-refractivity contribution < 1.29 is 23.9 Å². The molecule has 2 N–H and O–H groups in total. The van der Waals surface area contributed by atoms with Crippen molar-refractivity contribution in [2.24, 2.45) is 0 Å². The van der Waals surface area contributed by atoms with Gasteiger partial charge in [0.1, 0.15) is 11.8 Å². The van der Waals surface area contributed by atoms with Crippen molar-refractivity contribution >= 4 is 23.9 Å². The number of nitrogens with one attached hydrogen (secondary N) is 2. The highest BCUT2D eigenvalue weighted by molar-refractivity contribution is 5.94. The van der Waals surface area contributed by atoms with E-state index in [1.165, 1.54) is 13.0 Å². The number of carbonyl (C=O) groups excluding carboxylic acids is 3. The van der Waals surface area contributed by atoms with E-state index in [1.807, 2.05) is 37.3 Å². The monoisotopic (exact) mass is 410 g/mol. The minimum atomic E-state index is -0.891. The Hall–Kier alpha value is -3.61. The number of hydrogen-bond donors (Lipinski definition) is 2. The minimum Gasteiger partial charge on any atom is -0.497 e. The van der Waals surface area contributed by atoms with Gasteiger partial charge in [-0.2, -0.15) is 0 Å². The van der Waals surface area contributed by atoms with E-state index in [1.54, 1.807) is 37.5 Å². The van der Waals surface area contributed by atoms with Gasteiger partial charge in [-0.25, -0.2) is 4.79 Å². The van der Waals surface area contributed by atoms with Gasteiger partial charge in [0.15, 0.2) is 6.61 Å². The first-order chi connectivity index (χ1) is 14.4. The first-order valence-electron chi connectivity index (χ1n) is 9.52. The molecule has 7 nitrogen and oxygen atoms in total. The second-order valence-corrected chi connectivity index (χ2v) is 6.64. The zero-order valence-corrected chi connectivity index (χ0v) is 17.3. The van der Waals surface area contributed by atoms with Gasteiger partial charge < -0.3 is 20.1 Å². The summed E-state index contributed by atoms with van der Waals surface area (Å²) in [6.45, 7) is 2.91. The molecule has 0 fully saturated rings. The van der Waals surface area contributed by atoms with E-state index < -0.39 is 30.4 Å². The van der Waals surface area contributed by atoms with Crippen molar-refractivity contribution in [2.45, 2.75) is 25.9 Å². The fourth-order valence-corrected chi connectivity index (χ4v) is 2.58. The highest BCUT2D eigenvalue weighted by Gasteiger charge is 2.18. The smallest absolute Gasteiger partial charge is 0.328 e. The maximum Gasteiger partial charge on any atom is 0.328 e. The molecule has 0 aliphatic rings. The van der Waals surface area contributed by atoms with Gasteiger partial charge >= 0.3 is 5.97 Å². The molecule has 2 rings (SSSR count). The number of esters is 1. The molecular weight excluding hydrogens is 384 g/mol. The lowest BCUT2D eigenvalue weighted by Gasteiger charge is -2.15. The molecule has 0 aliphatic heterocycles. The van der Waals surface area contributed by atoms with Gasteiger partial charge in [0, 0.05) is 6.08 Å². The summed E-state index contributed by atoms with van der Waals surface area (Å²) in [5.41, 5.74) is 1.76. The molecule has 2 atom stereocenters. The summed E-state index contributed by atoms with van der Waals surface area (Å²) in [7, 11) is 1.58. The van der Waals surface area contributed by atoms with Crippen LogP contribution < -0.4 is 15.4 Å². The lowest BCUT2D eigenvalue weighted by Crippen LogP contribution is -2.40. The highest BCUT2D eigenvalue weighted by atomic mass is 16.5. The van der Waals surface area contributed by atoms with Gasteiger partial charge in [-0.3, -0.25) is 9.59 Å². The fourth-order valence-electron chi connectivity index (χ4n) is 2.58. The molecule has 0 bridgehead atoms. The lowest BCUT2D eigenvalue weighted by atomic mass is 10.1. The number of benzene rings is 2. The summed E-state index contributed by atoms with van der Waals surface area (Å²) in [6, 6.07) is 15.5. The quantitative estimate of drug-likeness (QED) is 0.490. The van der Waals surface area contributed by atoms with E-state index in [0.29, 0.717) is 0 Å². The molecule has 2 aromatic carbocycles. The van der Waals surface area contributed by atoms with E-state index in [-0.39, 0.29) is 6.04 Å². The first kappa shape index (κ1) is 22.7. The Morgan fingerprint density at radius 2 is 1.63 bits per heavy atom. The third-order valence-corrected chi connectivity index (χ3v) is 4.28. The third-order valence-electron chi connectivity index (χ3n) is 4.28. The van der Waals surface area contributed by atoms with Crippen molar-refractivity contribution in [2.75, 3.05) is 13.7 Å². The van der Waals surface area contributed by atoms with Crippen molar-refractivity contribution in [1.29, 1.82) is 0 Å². The Morgan fingerprint density at radius 3 is 2.27 bits per heavy atom. The Kier molecular flexibility index (Phi) is 8.62. The van der Waals surface area contributed by atoms with Gasteiger partial charge in [-0.05, 0) is 43.2 Å². The van der Waals surface area contributed by atoms with Gasteiger partial charge in [-0.1, -0.05) is 42.5 Å². The molecular formula is C23H26N2O5. The molecule has 0 aliphatic carbocycles. The van der Waals surface area contributed by atoms with Crippen LogP contribution in [0.4, 0.5) is 0 Å². The van der Waals surface area contributed by atoms with Crippen LogP contribution in [0, 0.1) is 0 Å². The van der Waals surface area contributed by atoms with Crippen molar-refractivity contribution in [1.82, 2.24) is 10.6 Å². The second-order valence-electron chi connectivity index (χ2n) is 6.64. The number of methoxy groups -OCH3 is 1. The van der Waals surface area contributed by atoms with Crippen molar-refractivity contribution in [3.8, 4) is 5.75 Å². The van der Waals surface area contributed by atoms with Crippen LogP contribution in [-0.2, 0) is 19.1 Å². The molecule has 0 spiro atoms. The molecule has 2 aromatic rings. The highest BCUT2D eigenvalue weighted by Crippen LogP contribution is 2.12. The molecule has 0 radical (unpaired) electrons. The summed E-state index contributed by atoms with van der Waals surface area (Å²) < 4.78 is 10.1. The average molecular weight is 410 g/mol. The van der Waals surface area contributed by atoms with E-state index in [0.717, 1.165) is 16.9 Å². The molecule has 0 saturated heterocycles. The van der Waals surface area contributed by atoms with Crippen LogP contribution in [0.1, 0.15) is 31.0 Å². The molecule has 0 saturated carbocycles. The van der Waals surface area contributed by atoms with Crippen LogP contribution in [-0.4, -0.2) is 37.5 Å². The van der Waals surface area contributed by atoms with Crippen LogP contribution in [0.25, 0.3) is 6.08 Å². The Labute approximate surface area is 176 Å². The van der Waals surface area contributed by atoms with Gasteiger partial charge in [0.05, 0.1) is 13.2 Å². The topological polar surface area (TPSA) is 93.7 Å². The number of rotatable bonds is 9. The van der Waals surface area contributed by atoms with Crippen LogP contribution in [0.5, 0.6) is 5.75 Å². The Bertz CT molecular complexity index is 878. The van der Waals surface area contributed by atoms with E-state index in [2.05, 4.69) is 10.6 Å². The average Bonchev–Trinajstić information content (AvgIpc) is 2.76. The van der Waals surface area contributed by atoms with Crippen LogP contribution in [0.2, 0.25) is 0 Å². The SMILES string of the molecule is COc1ccc(/C=C/C(=O)N[C@@H](C)C(=O)OCC(=O)N[C@H](C)c2ccccc2)cc1. The summed E-state index contributed by atoms with van der Waals surface area (Å²) in [5, 5.41) is 5.26. The minimum absolute atomic E-state index is 0.211. The fraction of sp³-hybridized carbons (Fsp3) is 0.261. The third kappa shape index (κ3) is 7.43. The number of carbonyl (C=O) groups is 3. The van der Waals surface area contributed by atoms with Crippen LogP contribution in [0.3, 0.4) is 0 Å². The zero-order chi connectivity index (χ0) is 21.9. The molecule has 30 heavy (non-hydrogen) atoms. The first-order valence-corrected chi connectivity index (χ1v) is 9.52. The predicted molar refractivity (Wildman–Crippen MR) is 114 cm³/mol. The summed E-state index contributed by atoms with van der Waals surface area (Å²) in [5.74, 6) is -0.839. The lowest BCUT2D eigenvalue weighted by molar-refractivity contribution is -0.151. The molecule has 0 unspecified atom stereocenters. The van der Waals surface area contributed by atoms with Crippen LogP contribution in [0.15, 0.2) is 60.7 Å². The van der Waals surface area contributed by atoms with Gasteiger partial charge in [0.2, 0.25) is 5.91 Å². The maximum atomic E-state index is 12.0. The zero-order valence-electron chi connectivity index (χ0n) is 17.3. The van der Waals surface area contributed by atoms with E-state index in [4.69, 9.17) is 9.47 Å². The van der Waals surface area contributed by atoms with Crippen molar-refractivity contribution in [3.05, 3.63) is 71.8 Å². The second kappa shape index (κ2) is 11.4. The van der Waals surface area contributed by atoms with Crippen LogP contribution >= 0.6 is 0 Å². The number of hydrogen-bond acceptors (Lipinski definition) is 5. The molecule has 0 aromatic heterocycles. The maximum absolute atomic E-state index is 12.0. The van der Waals surface area contributed by atoms with E-state index in [9.17, 15) is 14.4 Å². The number of amides is 2. The standard InChI is InChI=1S/C23H26N2O5/c1-16(19-7-5-4-6-8-19)24-22(27)15-30-23(28)17(2)25-21(26)14-11-18-9-12-20(29-3)13-10-18/h4-14,16-17H,15H2,1-3H3,(H,24,27)(H,25,26)/b14-11+/t16-,17+/m1/s1. The largest absolute Gasteiger partial charge is 0.497 e. The molecule has 7 heteroatoms. The van der Waals surface area contributed by atoms with Gasteiger partial charge in [-0.15, -0.1) is 0 Å². The summed E-state index contributed by atoms with van der Waals surface area (Å²) in [4.78, 5) is 36.0. The van der Waals surface area contributed by atoms with Gasteiger partial charge in [0.25, 0.3) is 5.91 Å². The van der Waals surface area contributed by atoms with Crippen molar-refractivity contribution in [3.63, 3.8) is 0 Å². The number of ether oxygens (including phenoxy) is 2. The van der Waals surface area contributed by atoms with E-state index >= 15 is 0 Å². The molecule has 158 valence electrons. The predicted octanol–water partition coefficient (Wildman–Crippen LogP) is 2.63. The Balaban J connectivity index is 1.74. The summed E-state index contributed by atoms with van der Waals surface area (Å²) >= 11 is 0. The molecule has 2 amide bonds.